The number of aromatic nitrogens is 2. The van der Waals surface area contributed by atoms with Gasteiger partial charge in [-0.25, -0.2) is 4.98 Å². The Morgan fingerprint density at radius 2 is 2.42 bits per heavy atom. The minimum Gasteiger partial charge on any atom is -0.370 e. The Hall–Kier alpha value is -1.20. The van der Waals surface area contributed by atoms with Crippen LogP contribution in [0.5, 0.6) is 0 Å². The lowest BCUT2D eigenvalue weighted by Gasteiger charge is -2.21. The minimum absolute atomic E-state index is 0.0557. The third kappa shape index (κ3) is 2.58. The summed E-state index contributed by atoms with van der Waals surface area (Å²) in [5.74, 6) is 0. The Balaban J connectivity index is 1.81. The third-order valence-corrected chi connectivity index (χ3v) is 4.02. The molecular weight excluding hydrogens is 242 g/mol. The highest BCUT2D eigenvalue weighted by molar-refractivity contribution is 5.19. The summed E-state index contributed by atoms with van der Waals surface area (Å²) in [6, 6.07) is 0. The molecule has 5 heteroatoms. The second-order valence-corrected chi connectivity index (χ2v) is 6.09. The van der Waals surface area contributed by atoms with Gasteiger partial charge in [0.05, 0.1) is 30.3 Å². The van der Waals surface area contributed by atoms with Gasteiger partial charge in [0.2, 0.25) is 0 Å². The van der Waals surface area contributed by atoms with Crippen LogP contribution >= 0.6 is 0 Å². The van der Waals surface area contributed by atoms with Gasteiger partial charge in [-0.05, 0) is 39.7 Å². The highest BCUT2D eigenvalue weighted by Gasteiger charge is 2.32. The molecule has 0 aromatic carbocycles. The average molecular weight is 263 g/mol. The first kappa shape index (κ1) is 12.8. The zero-order chi connectivity index (χ0) is 13.5. The van der Waals surface area contributed by atoms with E-state index in [9.17, 15) is 4.79 Å². The van der Waals surface area contributed by atoms with Crippen LogP contribution in [0, 0.1) is 0 Å². The molecule has 2 aliphatic heterocycles. The Labute approximate surface area is 113 Å². The standard InChI is InChI=1S/C14H21N3O2/c1-14(2)5-3-10(19-14)8-17-9-16-12-7-15-6-4-11(12)13(17)18/h9-10,15H,3-8H2,1-2H3. The maximum atomic E-state index is 12.4. The largest absolute Gasteiger partial charge is 0.370 e. The molecular formula is C14H21N3O2. The number of hydrogen-bond donors (Lipinski definition) is 1. The molecule has 0 spiro atoms. The highest BCUT2D eigenvalue weighted by atomic mass is 16.5. The predicted molar refractivity (Wildman–Crippen MR) is 72.1 cm³/mol. The van der Waals surface area contributed by atoms with Gasteiger partial charge in [-0.2, -0.15) is 0 Å². The van der Waals surface area contributed by atoms with Crippen molar-refractivity contribution in [3.63, 3.8) is 0 Å². The Morgan fingerprint density at radius 3 is 3.16 bits per heavy atom. The predicted octanol–water partition coefficient (Wildman–Crippen LogP) is 0.847. The number of rotatable bonds is 2. The maximum Gasteiger partial charge on any atom is 0.256 e. The summed E-state index contributed by atoms with van der Waals surface area (Å²) in [5, 5.41) is 3.24. The summed E-state index contributed by atoms with van der Waals surface area (Å²) >= 11 is 0. The number of fused-ring (bicyclic) bond motifs is 1. The molecule has 0 bridgehead atoms. The molecule has 1 saturated heterocycles. The normalized spacial score (nSPS) is 25.3. The average Bonchev–Trinajstić information content (AvgIpc) is 2.73. The van der Waals surface area contributed by atoms with Gasteiger partial charge < -0.3 is 10.1 Å². The van der Waals surface area contributed by atoms with Crippen LogP contribution in [-0.2, 0) is 24.2 Å². The van der Waals surface area contributed by atoms with E-state index in [1.807, 2.05) is 0 Å². The monoisotopic (exact) mass is 263 g/mol. The molecule has 3 heterocycles. The molecule has 1 atom stereocenters. The summed E-state index contributed by atoms with van der Waals surface area (Å²) in [7, 11) is 0. The van der Waals surface area contributed by atoms with Gasteiger partial charge in [0.15, 0.2) is 0 Å². The second kappa shape index (κ2) is 4.72. The number of ether oxygens (including phenoxy) is 1. The fourth-order valence-electron chi connectivity index (χ4n) is 2.95. The molecule has 1 fully saturated rings. The molecule has 5 nitrogen and oxygen atoms in total. The van der Waals surface area contributed by atoms with Crippen LogP contribution in [-0.4, -0.2) is 27.8 Å². The summed E-state index contributed by atoms with van der Waals surface area (Å²) in [5.41, 5.74) is 1.83. The zero-order valence-electron chi connectivity index (χ0n) is 11.6. The smallest absolute Gasteiger partial charge is 0.256 e. The minimum atomic E-state index is -0.0557. The number of nitrogens with one attached hydrogen (secondary N) is 1. The Bertz CT molecular complexity index is 536. The van der Waals surface area contributed by atoms with Crippen LogP contribution in [0.1, 0.15) is 37.9 Å². The van der Waals surface area contributed by atoms with E-state index >= 15 is 0 Å². The first-order chi connectivity index (χ1) is 9.05. The molecule has 0 radical (unpaired) electrons. The van der Waals surface area contributed by atoms with E-state index in [-0.39, 0.29) is 17.3 Å². The van der Waals surface area contributed by atoms with E-state index in [0.29, 0.717) is 13.1 Å². The second-order valence-electron chi connectivity index (χ2n) is 6.09. The van der Waals surface area contributed by atoms with Crippen LogP contribution in [0.4, 0.5) is 0 Å². The fourth-order valence-corrected chi connectivity index (χ4v) is 2.95. The third-order valence-electron chi connectivity index (χ3n) is 4.02. The highest BCUT2D eigenvalue weighted by Crippen LogP contribution is 2.29. The van der Waals surface area contributed by atoms with E-state index in [1.54, 1.807) is 10.9 Å². The SMILES string of the molecule is CC1(C)CCC(Cn2cnc3c(c2=O)CCNC3)O1. The maximum absolute atomic E-state index is 12.4. The fraction of sp³-hybridized carbons (Fsp3) is 0.714. The van der Waals surface area contributed by atoms with Crippen molar-refractivity contribution < 1.29 is 4.74 Å². The van der Waals surface area contributed by atoms with Crippen LogP contribution in [0.15, 0.2) is 11.1 Å². The van der Waals surface area contributed by atoms with Crippen molar-refractivity contribution in [1.82, 2.24) is 14.9 Å². The molecule has 104 valence electrons. The van der Waals surface area contributed by atoms with E-state index in [1.165, 1.54) is 0 Å². The van der Waals surface area contributed by atoms with Crippen molar-refractivity contribution in [1.29, 1.82) is 0 Å². The van der Waals surface area contributed by atoms with Gasteiger partial charge >= 0.3 is 0 Å². The number of nitrogens with zero attached hydrogens (tertiary/aromatic N) is 2. The first-order valence-electron chi connectivity index (χ1n) is 7.01. The Kier molecular flexibility index (Phi) is 3.19. The van der Waals surface area contributed by atoms with Crippen molar-refractivity contribution in [3.05, 3.63) is 27.9 Å². The van der Waals surface area contributed by atoms with Gasteiger partial charge in [0.25, 0.3) is 5.56 Å². The summed E-state index contributed by atoms with van der Waals surface area (Å²) < 4.78 is 7.67. The van der Waals surface area contributed by atoms with Crippen LogP contribution in [0.3, 0.4) is 0 Å². The molecule has 1 unspecified atom stereocenters. The first-order valence-corrected chi connectivity index (χ1v) is 7.01. The quantitative estimate of drug-likeness (QED) is 0.859. The molecule has 1 aromatic rings. The van der Waals surface area contributed by atoms with Crippen molar-refractivity contribution in [2.24, 2.45) is 0 Å². The van der Waals surface area contributed by atoms with Crippen molar-refractivity contribution in [2.75, 3.05) is 6.54 Å². The van der Waals surface area contributed by atoms with Gasteiger partial charge in [-0.1, -0.05) is 0 Å². The lowest BCUT2D eigenvalue weighted by Crippen LogP contribution is -2.36. The Morgan fingerprint density at radius 1 is 1.58 bits per heavy atom. The summed E-state index contributed by atoms with van der Waals surface area (Å²) in [4.78, 5) is 16.8. The molecule has 0 aliphatic carbocycles. The van der Waals surface area contributed by atoms with E-state index in [0.717, 1.165) is 37.1 Å². The van der Waals surface area contributed by atoms with E-state index in [2.05, 4.69) is 24.1 Å². The van der Waals surface area contributed by atoms with E-state index in [4.69, 9.17) is 4.74 Å². The molecule has 3 rings (SSSR count). The van der Waals surface area contributed by atoms with Crippen LogP contribution in [0.25, 0.3) is 0 Å². The summed E-state index contributed by atoms with van der Waals surface area (Å²) in [6.45, 7) is 6.40. The van der Waals surface area contributed by atoms with Crippen molar-refractivity contribution in [2.45, 2.75) is 57.9 Å². The van der Waals surface area contributed by atoms with Gasteiger partial charge in [0.1, 0.15) is 0 Å². The van der Waals surface area contributed by atoms with Gasteiger partial charge in [-0.3, -0.25) is 9.36 Å². The molecule has 2 aliphatic rings. The van der Waals surface area contributed by atoms with Crippen molar-refractivity contribution >= 4 is 0 Å². The van der Waals surface area contributed by atoms with Crippen LogP contribution in [0.2, 0.25) is 0 Å². The van der Waals surface area contributed by atoms with Crippen molar-refractivity contribution in [3.8, 4) is 0 Å². The molecule has 0 amide bonds. The topological polar surface area (TPSA) is 56.2 Å². The van der Waals surface area contributed by atoms with Gasteiger partial charge in [-0.15, -0.1) is 0 Å². The summed E-state index contributed by atoms with van der Waals surface area (Å²) in [6.07, 6.45) is 4.64. The molecule has 0 saturated carbocycles. The van der Waals surface area contributed by atoms with E-state index < -0.39 is 0 Å². The molecule has 1 aromatic heterocycles. The molecule has 19 heavy (non-hydrogen) atoms. The lowest BCUT2D eigenvalue weighted by atomic mass is 10.1. The number of hydrogen-bond acceptors (Lipinski definition) is 4. The lowest BCUT2D eigenvalue weighted by molar-refractivity contribution is -0.0222. The van der Waals surface area contributed by atoms with Gasteiger partial charge in [0, 0.05) is 12.1 Å². The van der Waals surface area contributed by atoms with Crippen LogP contribution < -0.4 is 10.9 Å². The zero-order valence-corrected chi connectivity index (χ0v) is 11.6. The molecule has 1 N–H and O–H groups in total.